The lowest BCUT2D eigenvalue weighted by atomic mass is 10.3. The molecular weight excluding hydrogens is 220 g/mol. The number of carboxylic acid groups (broad SMARTS) is 2. The first kappa shape index (κ1) is 16.5. The van der Waals surface area contributed by atoms with Gasteiger partial charge in [-0.3, -0.25) is 9.59 Å². The monoisotopic (exact) mass is 234 g/mol. The number of carbonyl (C=O) groups excluding carboxylic acids is 1. The summed E-state index contributed by atoms with van der Waals surface area (Å²) in [5.41, 5.74) is 0. The van der Waals surface area contributed by atoms with Crippen molar-refractivity contribution in [2.75, 3.05) is 0 Å². The standard InChI is InChI=1S/C5H8O3.C4H6O4/c1-3-5(7)8-4(2)6;5-3(6)1-2-4(7)8/h3-4,6H,1H2,2H3;1-2H2,(H,5,6)(H,7,8). The van der Waals surface area contributed by atoms with E-state index in [0.717, 1.165) is 6.08 Å². The highest BCUT2D eigenvalue weighted by Crippen LogP contribution is 1.86. The minimum atomic E-state index is -1.08. The van der Waals surface area contributed by atoms with Crippen molar-refractivity contribution in [2.45, 2.75) is 26.1 Å². The Morgan fingerprint density at radius 3 is 1.75 bits per heavy atom. The Hall–Kier alpha value is -1.89. The molecule has 0 amide bonds. The van der Waals surface area contributed by atoms with Crippen molar-refractivity contribution in [1.29, 1.82) is 0 Å². The first-order valence-corrected chi connectivity index (χ1v) is 4.24. The summed E-state index contributed by atoms with van der Waals surface area (Å²) >= 11 is 0. The van der Waals surface area contributed by atoms with Crippen molar-refractivity contribution < 1.29 is 34.4 Å². The van der Waals surface area contributed by atoms with Gasteiger partial charge in [0.15, 0.2) is 6.29 Å². The molecule has 0 radical (unpaired) electrons. The highest BCUT2D eigenvalue weighted by molar-refractivity contribution is 5.81. The molecule has 3 N–H and O–H groups in total. The van der Waals surface area contributed by atoms with Crippen LogP contribution in [0.1, 0.15) is 19.8 Å². The summed E-state index contributed by atoms with van der Waals surface area (Å²) in [6, 6.07) is 0. The number of aliphatic hydroxyl groups is 1. The Kier molecular flexibility index (Phi) is 9.98. The topological polar surface area (TPSA) is 121 Å². The average Bonchev–Trinajstić information content (AvgIpc) is 2.14. The Morgan fingerprint density at radius 2 is 1.62 bits per heavy atom. The summed E-state index contributed by atoms with van der Waals surface area (Å²) in [4.78, 5) is 29.4. The molecule has 0 aromatic carbocycles. The SMILES string of the molecule is C=CC(=O)OC(C)O.O=C(O)CCC(=O)O. The normalized spacial score (nSPS) is 10.4. The third kappa shape index (κ3) is 18.0. The molecule has 7 nitrogen and oxygen atoms in total. The number of carboxylic acids is 2. The molecule has 0 aromatic rings. The Labute approximate surface area is 92.0 Å². The van der Waals surface area contributed by atoms with E-state index in [2.05, 4.69) is 11.3 Å². The molecule has 0 aliphatic rings. The van der Waals surface area contributed by atoms with Crippen LogP contribution in [0.15, 0.2) is 12.7 Å². The zero-order valence-electron chi connectivity index (χ0n) is 8.75. The Bertz CT molecular complexity index is 243. The Morgan fingerprint density at radius 1 is 1.25 bits per heavy atom. The van der Waals surface area contributed by atoms with Crippen LogP contribution < -0.4 is 0 Å². The van der Waals surface area contributed by atoms with Gasteiger partial charge in [-0.1, -0.05) is 6.58 Å². The van der Waals surface area contributed by atoms with Crippen LogP contribution in [0.25, 0.3) is 0 Å². The fourth-order valence-electron chi connectivity index (χ4n) is 0.430. The molecule has 16 heavy (non-hydrogen) atoms. The predicted molar refractivity (Wildman–Crippen MR) is 52.5 cm³/mol. The molecule has 0 heterocycles. The quantitative estimate of drug-likeness (QED) is 0.347. The molecule has 0 fully saturated rings. The van der Waals surface area contributed by atoms with E-state index in [0.29, 0.717) is 0 Å². The summed E-state index contributed by atoms with van der Waals surface area (Å²) in [7, 11) is 0. The second kappa shape index (κ2) is 9.66. The van der Waals surface area contributed by atoms with Gasteiger partial charge in [0, 0.05) is 6.08 Å². The van der Waals surface area contributed by atoms with Gasteiger partial charge in [-0.25, -0.2) is 4.79 Å². The summed E-state index contributed by atoms with van der Waals surface area (Å²) in [5, 5.41) is 24.2. The summed E-state index contributed by atoms with van der Waals surface area (Å²) in [6.07, 6.45) is -0.641. The molecule has 1 unspecified atom stereocenters. The number of hydrogen-bond acceptors (Lipinski definition) is 5. The fraction of sp³-hybridized carbons (Fsp3) is 0.444. The number of esters is 1. The molecule has 0 saturated carbocycles. The molecule has 1 atom stereocenters. The molecule has 0 rings (SSSR count). The highest BCUT2D eigenvalue weighted by Gasteiger charge is 2.00. The van der Waals surface area contributed by atoms with Crippen LogP contribution in [0, 0.1) is 0 Å². The second-order valence-corrected chi connectivity index (χ2v) is 2.53. The maximum Gasteiger partial charge on any atom is 0.332 e. The summed E-state index contributed by atoms with van der Waals surface area (Å²) in [6.45, 7) is 4.48. The molecule has 0 aromatic heterocycles. The zero-order chi connectivity index (χ0) is 13.1. The van der Waals surface area contributed by atoms with Crippen molar-refractivity contribution >= 4 is 17.9 Å². The average molecular weight is 234 g/mol. The van der Waals surface area contributed by atoms with Gasteiger partial charge in [-0.15, -0.1) is 0 Å². The van der Waals surface area contributed by atoms with E-state index in [4.69, 9.17) is 15.3 Å². The van der Waals surface area contributed by atoms with E-state index in [1.54, 1.807) is 0 Å². The number of aliphatic hydroxyl groups excluding tert-OH is 1. The maximum absolute atomic E-state index is 10.1. The van der Waals surface area contributed by atoms with E-state index in [1.165, 1.54) is 6.92 Å². The van der Waals surface area contributed by atoms with E-state index >= 15 is 0 Å². The molecule has 0 spiro atoms. The minimum Gasteiger partial charge on any atom is -0.481 e. The third-order valence-electron chi connectivity index (χ3n) is 1.01. The summed E-state index contributed by atoms with van der Waals surface area (Å²) in [5.74, 6) is -2.76. The third-order valence-corrected chi connectivity index (χ3v) is 1.01. The van der Waals surface area contributed by atoms with Gasteiger partial charge in [0.2, 0.25) is 0 Å². The van der Waals surface area contributed by atoms with Gasteiger partial charge in [-0.05, 0) is 6.92 Å². The van der Waals surface area contributed by atoms with Crippen LogP contribution >= 0.6 is 0 Å². The number of rotatable bonds is 5. The molecule has 0 aliphatic carbocycles. The van der Waals surface area contributed by atoms with Crippen molar-refractivity contribution in [1.82, 2.24) is 0 Å². The minimum absolute atomic E-state index is 0.296. The van der Waals surface area contributed by atoms with Crippen LogP contribution in [-0.2, 0) is 19.1 Å². The number of carbonyl (C=O) groups is 3. The van der Waals surface area contributed by atoms with Gasteiger partial charge >= 0.3 is 17.9 Å². The number of hydrogen-bond donors (Lipinski definition) is 3. The van der Waals surface area contributed by atoms with Crippen LogP contribution in [0.3, 0.4) is 0 Å². The number of aliphatic carboxylic acids is 2. The van der Waals surface area contributed by atoms with Crippen molar-refractivity contribution in [3.05, 3.63) is 12.7 Å². The summed E-state index contributed by atoms with van der Waals surface area (Å²) < 4.78 is 4.20. The lowest BCUT2D eigenvalue weighted by Crippen LogP contribution is -2.10. The van der Waals surface area contributed by atoms with Crippen molar-refractivity contribution in [3.8, 4) is 0 Å². The van der Waals surface area contributed by atoms with Crippen molar-refractivity contribution in [2.24, 2.45) is 0 Å². The van der Waals surface area contributed by atoms with E-state index < -0.39 is 24.2 Å². The molecule has 0 aliphatic heterocycles. The molecule has 0 bridgehead atoms. The largest absolute Gasteiger partial charge is 0.481 e. The van der Waals surface area contributed by atoms with E-state index in [1.807, 2.05) is 0 Å². The smallest absolute Gasteiger partial charge is 0.332 e. The predicted octanol–water partition coefficient (Wildman–Crippen LogP) is -0.0103. The van der Waals surface area contributed by atoms with Gasteiger partial charge in [0.25, 0.3) is 0 Å². The molecular formula is C9H14O7. The first-order chi connectivity index (χ1) is 7.29. The second-order valence-electron chi connectivity index (χ2n) is 2.53. The zero-order valence-corrected chi connectivity index (χ0v) is 8.75. The lowest BCUT2D eigenvalue weighted by Gasteiger charge is -2.01. The van der Waals surface area contributed by atoms with Crippen LogP contribution in [-0.4, -0.2) is 39.5 Å². The van der Waals surface area contributed by atoms with Crippen molar-refractivity contribution in [3.63, 3.8) is 0 Å². The number of ether oxygens (including phenoxy) is 1. The van der Waals surface area contributed by atoms with E-state index in [9.17, 15) is 14.4 Å². The van der Waals surface area contributed by atoms with Gasteiger partial charge < -0.3 is 20.1 Å². The molecule has 7 heteroatoms. The lowest BCUT2D eigenvalue weighted by molar-refractivity contribution is -0.158. The Balaban J connectivity index is 0. The fourth-order valence-corrected chi connectivity index (χ4v) is 0.430. The van der Waals surface area contributed by atoms with Gasteiger partial charge in [-0.2, -0.15) is 0 Å². The highest BCUT2D eigenvalue weighted by atomic mass is 16.6. The van der Waals surface area contributed by atoms with Crippen LogP contribution in [0.5, 0.6) is 0 Å². The van der Waals surface area contributed by atoms with E-state index in [-0.39, 0.29) is 12.8 Å². The first-order valence-electron chi connectivity index (χ1n) is 4.24. The molecule has 92 valence electrons. The maximum atomic E-state index is 10.1. The van der Waals surface area contributed by atoms with Gasteiger partial charge in [0.1, 0.15) is 0 Å². The van der Waals surface area contributed by atoms with Gasteiger partial charge in [0.05, 0.1) is 12.8 Å². The van der Waals surface area contributed by atoms with Crippen LogP contribution in [0.4, 0.5) is 0 Å². The molecule has 0 saturated heterocycles. The van der Waals surface area contributed by atoms with Crippen LogP contribution in [0.2, 0.25) is 0 Å².